The van der Waals surface area contributed by atoms with Crippen molar-refractivity contribution in [2.45, 2.75) is 13.0 Å². The van der Waals surface area contributed by atoms with Gasteiger partial charge in [0.25, 0.3) is 5.56 Å². The van der Waals surface area contributed by atoms with Crippen LogP contribution in [0, 0.1) is 0 Å². The number of nitrogens with zero attached hydrogens (tertiary/aromatic N) is 2. The Labute approximate surface area is 204 Å². The Morgan fingerprint density at radius 3 is 2.48 bits per heavy atom. The van der Waals surface area contributed by atoms with Crippen LogP contribution in [0.25, 0.3) is 10.9 Å². The lowest BCUT2D eigenvalue weighted by Crippen LogP contribution is -2.37. The predicted molar refractivity (Wildman–Crippen MR) is 139 cm³/mol. The van der Waals surface area contributed by atoms with Gasteiger partial charge in [-0.15, -0.1) is 0 Å². The lowest BCUT2D eigenvalue weighted by Gasteiger charge is -2.26. The fraction of sp³-hybridized carbons (Fsp3) is 0.333. The summed E-state index contributed by atoms with van der Waals surface area (Å²) in [7, 11) is 7.21. The average Bonchev–Trinajstić information content (AvgIpc) is 2.77. The van der Waals surface area contributed by atoms with Gasteiger partial charge in [-0.1, -0.05) is 17.7 Å². The number of hydrogen-bond acceptors (Lipinski definition) is 5. The highest BCUT2D eigenvalue weighted by Gasteiger charge is 2.15. The summed E-state index contributed by atoms with van der Waals surface area (Å²) in [5.41, 5.74) is 1.92. The van der Waals surface area contributed by atoms with E-state index in [1.54, 1.807) is 20.3 Å². The van der Waals surface area contributed by atoms with Gasteiger partial charge in [-0.05, 0) is 69.6 Å². The second-order valence-corrected chi connectivity index (χ2v) is 8.76. The van der Waals surface area contributed by atoms with Crippen molar-refractivity contribution in [3.8, 4) is 11.5 Å². The van der Waals surface area contributed by atoms with Gasteiger partial charge in [0.2, 0.25) is 0 Å². The van der Waals surface area contributed by atoms with Gasteiger partial charge in [-0.3, -0.25) is 4.79 Å². The van der Waals surface area contributed by atoms with E-state index in [1.807, 2.05) is 55.4 Å². The minimum Gasteiger partial charge on any atom is -0.493 e. The molecule has 2 N–H and O–H groups in total. The van der Waals surface area contributed by atoms with Crippen LogP contribution in [0.4, 0.5) is 5.69 Å². The molecule has 0 aliphatic rings. The molecular weight excluding hydrogens is 460 g/mol. The Bertz CT molecular complexity index is 1180. The number of halogens is 1. The third-order valence-corrected chi connectivity index (χ3v) is 5.78. The van der Waals surface area contributed by atoms with Gasteiger partial charge in [0.05, 0.1) is 26.3 Å². The standard InChI is InChI=1S/C24H29ClN4O3S/c1-28(2)9-6-10-29(24(33)26-19-8-5-7-18(25)13-19)15-17-11-16-12-21(31-3)22(32-4)14-20(16)27-23(17)30/h5,7-8,11-14H,6,9-10,15H2,1-4H3,(H,26,33)(H,27,30). The van der Waals surface area contributed by atoms with E-state index in [0.29, 0.717) is 45.8 Å². The largest absolute Gasteiger partial charge is 0.493 e. The second-order valence-electron chi connectivity index (χ2n) is 7.94. The lowest BCUT2D eigenvalue weighted by atomic mass is 10.1. The molecule has 0 radical (unpaired) electrons. The second kappa shape index (κ2) is 11.4. The van der Waals surface area contributed by atoms with E-state index in [2.05, 4.69) is 15.2 Å². The summed E-state index contributed by atoms with van der Waals surface area (Å²) >= 11 is 11.8. The molecule has 0 spiro atoms. The van der Waals surface area contributed by atoms with Crippen molar-refractivity contribution in [2.75, 3.05) is 46.7 Å². The molecule has 2 aromatic carbocycles. The van der Waals surface area contributed by atoms with E-state index in [1.165, 1.54) is 0 Å². The van der Waals surface area contributed by atoms with Crippen molar-refractivity contribution in [2.24, 2.45) is 0 Å². The summed E-state index contributed by atoms with van der Waals surface area (Å²) in [5.74, 6) is 1.16. The van der Waals surface area contributed by atoms with Gasteiger partial charge in [0.15, 0.2) is 16.6 Å². The number of fused-ring (bicyclic) bond motifs is 1. The van der Waals surface area contributed by atoms with Crippen LogP contribution in [-0.2, 0) is 6.54 Å². The number of aromatic amines is 1. The number of anilines is 1. The highest BCUT2D eigenvalue weighted by atomic mass is 35.5. The molecule has 0 atom stereocenters. The SMILES string of the molecule is COc1cc2cc(CN(CCCN(C)C)C(=S)Nc3cccc(Cl)c3)c(=O)[nH]c2cc1OC. The van der Waals surface area contributed by atoms with Crippen molar-refractivity contribution >= 4 is 45.5 Å². The maximum Gasteiger partial charge on any atom is 0.253 e. The number of hydrogen-bond donors (Lipinski definition) is 2. The first-order valence-corrected chi connectivity index (χ1v) is 11.3. The molecule has 0 saturated carbocycles. The molecule has 176 valence electrons. The average molecular weight is 489 g/mol. The smallest absolute Gasteiger partial charge is 0.253 e. The van der Waals surface area contributed by atoms with Crippen LogP contribution in [0.3, 0.4) is 0 Å². The summed E-state index contributed by atoms with van der Waals surface area (Å²) in [6.07, 6.45) is 0.890. The quantitative estimate of drug-likeness (QED) is 0.434. The van der Waals surface area contributed by atoms with E-state index >= 15 is 0 Å². The van der Waals surface area contributed by atoms with Gasteiger partial charge in [0, 0.05) is 34.3 Å². The molecule has 9 heteroatoms. The van der Waals surface area contributed by atoms with Crippen LogP contribution in [0.15, 0.2) is 47.3 Å². The molecule has 3 rings (SSSR count). The fourth-order valence-electron chi connectivity index (χ4n) is 3.50. The maximum atomic E-state index is 12.9. The molecule has 33 heavy (non-hydrogen) atoms. The minimum absolute atomic E-state index is 0.169. The number of pyridine rings is 1. The van der Waals surface area contributed by atoms with Crippen LogP contribution >= 0.6 is 23.8 Å². The first-order chi connectivity index (χ1) is 15.8. The Morgan fingerprint density at radius 2 is 1.82 bits per heavy atom. The summed E-state index contributed by atoms with van der Waals surface area (Å²) in [6.45, 7) is 1.95. The molecule has 3 aromatic rings. The molecule has 0 saturated heterocycles. The van der Waals surface area contributed by atoms with E-state index in [4.69, 9.17) is 33.3 Å². The number of H-pyrrole nitrogens is 1. The van der Waals surface area contributed by atoms with Crippen molar-refractivity contribution in [3.05, 3.63) is 63.4 Å². The third kappa shape index (κ3) is 6.60. The Kier molecular flexibility index (Phi) is 8.55. The summed E-state index contributed by atoms with van der Waals surface area (Å²) in [6, 6.07) is 12.9. The molecule has 0 fully saturated rings. The van der Waals surface area contributed by atoms with Crippen LogP contribution in [-0.4, -0.2) is 61.3 Å². The van der Waals surface area contributed by atoms with Gasteiger partial charge in [-0.2, -0.15) is 0 Å². The van der Waals surface area contributed by atoms with E-state index in [0.717, 1.165) is 24.0 Å². The van der Waals surface area contributed by atoms with Gasteiger partial charge < -0.3 is 29.6 Å². The zero-order valence-corrected chi connectivity index (χ0v) is 20.8. The summed E-state index contributed by atoms with van der Waals surface area (Å²) in [4.78, 5) is 20.0. The van der Waals surface area contributed by atoms with E-state index < -0.39 is 0 Å². The van der Waals surface area contributed by atoms with Crippen LogP contribution in [0.5, 0.6) is 11.5 Å². The number of ether oxygens (including phenoxy) is 2. The Hall–Kier alpha value is -2.81. The minimum atomic E-state index is -0.169. The molecule has 7 nitrogen and oxygen atoms in total. The van der Waals surface area contributed by atoms with Gasteiger partial charge in [0.1, 0.15) is 0 Å². The van der Waals surface area contributed by atoms with Crippen molar-refractivity contribution in [3.63, 3.8) is 0 Å². The number of rotatable bonds is 9. The molecule has 1 heterocycles. The number of benzene rings is 2. The van der Waals surface area contributed by atoms with Crippen LogP contribution in [0.2, 0.25) is 5.02 Å². The van der Waals surface area contributed by atoms with Crippen LogP contribution in [0.1, 0.15) is 12.0 Å². The molecule has 0 unspecified atom stereocenters. The molecule has 0 aliphatic carbocycles. The Balaban J connectivity index is 1.89. The molecule has 1 aromatic heterocycles. The zero-order chi connectivity index (χ0) is 24.0. The molecule has 0 amide bonds. The fourth-order valence-corrected chi connectivity index (χ4v) is 3.96. The molecular formula is C24H29ClN4O3S. The maximum absolute atomic E-state index is 12.9. The number of aromatic nitrogens is 1. The molecule has 0 bridgehead atoms. The van der Waals surface area contributed by atoms with Crippen molar-refractivity contribution in [1.29, 1.82) is 0 Å². The normalized spacial score (nSPS) is 11.0. The van der Waals surface area contributed by atoms with Gasteiger partial charge in [-0.25, -0.2) is 0 Å². The number of nitrogens with one attached hydrogen (secondary N) is 2. The topological polar surface area (TPSA) is 69.8 Å². The van der Waals surface area contributed by atoms with E-state index in [-0.39, 0.29) is 5.56 Å². The van der Waals surface area contributed by atoms with Crippen molar-refractivity contribution in [1.82, 2.24) is 14.8 Å². The number of methoxy groups -OCH3 is 2. The number of thiocarbonyl (C=S) groups is 1. The summed E-state index contributed by atoms with van der Waals surface area (Å²) in [5, 5.41) is 5.25. The molecule has 0 aliphatic heterocycles. The van der Waals surface area contributed by atoms with Crippen LogP contribution < -0.4 is 20.3 Å². The zero-order valence-electron chi connectivity index (χ0n) is 19.3. The highest BCUT2D eigenvalue weighted by molar-refractivity contribution is 7.80. The first kappa shape index (κ1) is 24.8. The third-order valence-electron chi connectivity index (χ3n) is 5.18. The summed E-state index contributed by atoms with van der Waals surface area (Å²) < 4.78 is 10.8. The van der Waals surface area contributed by atoms with E-state index in [9.17, 15) is 4.79 Å². The van der Waals surface area contributed by atoms with Crippen molar-refractivity contribution < 1.29 is 9.47 Å². The van der Waals surface area contributed by atoms with Gasteiger partial charge >= 0.3 is 0 Å². The Morgan fingerprint density at radius 1 is 1.09 bits per heavy atom. The predicted octanol–water partition coefficient (Wildman–Crippen LogP) is 4.35. The monoisotopic (exact) mass is 488 g/mol. The highest BCUT2D eigenvalue weighted by Crippen LogP contribution is 2.31. The first-order valence-electron chi connectivity index (χ1n) is 10.5. The lowest BCUT2D eigenvalue weighted by molar-refractivity contribution is 0.346.